The Balaban J connectivity index is 0.732. The zero-order chi connectivity index (χ0) is 107. The van der Waals surface area contributed by atoms with E-state index in [-0.39, 0.29) is 139 Å². The van der Waals surface area contributed by atoms with Crippen molar-refractivity contribution in [2.45, 2.75) is 270 Å². The van der Waals surface area contributed by atoms with E-state index in [0.717, 1.165) is 30.3 Å². The number of thioether (sulfide) groups is 1. The van der Waals surface area contributed by atoms with E-state index in [2.05, 4.69) is 92.3 Å². The molecule has 41 nitrogen and oxygen atoms in total. The van der Waals surface area contributed by atoms with Crippen molar-refractivity contribution < 1.29 is 154 Å². The van der Waals surface area contributed by atoms with Crippen LogP contribution < -0.4 is 46.7 Å². The van der Waals surface area contributed by atoms with Crippen LogP contribution in [0.4, 0.5) is 15.3 Å². The number of alkyl carbamates (subject to hydrolysis) is 2. The summed E-state index contributed by atoms with van der Waals surface area (Å²) in [4.78, 5) is 165. The summed E-state index contributed by atoms with van der Waals surface area (Å²) in [6.45, 7) is 16.9. The third-order valence-corrected chi connectivity index (χ3v) is 31.5. The van der Waals surface area contributed by atoms with Crippen LogP contribution in [-0.4, -0.2) is 318 Å². The number of hydroxylamine groups is 1. The molecule has 0 saturated carbocycles. The summed E-state index contributed by atoms with van der Waals surface area (Å²) in [6.07, 6.45) is -18.4. The second-order valence-corrected chi connectivity index (χ2v) is 42.8. The number of aliphatic hydroxyl groups is 5. The van der Waals surface area contributed by atoms with Crippen LogP contribution in [-0.2, 0) is 113 Å². The number of primary amides is 1. The molecule has 17 unspecified atom stereocenters. The Bertz CT molecular complexity index is 5520. The van der Waals surface area contributed by atoms with Gasteiger partial charge in [0.05, 0.1) is 151 Å². The third-order valence-electron chi connectivity index (χ3n) is 24.6. The molecule has 4 aliphatic heterocycles. The summed E-state index contributed by atoms with van der Waals surface area (Å²) in [5.41, 5.74) is 10.4. The Morgan fingerprint density at radius 2 is 1.45 bits per heavy atom. The second kappa shape index (κ2) is 56.6. The van der Waals surface area contributed by atoms with Crippen molar-refractivity contribution in [2.24, 2.45) is 17.6 Å². The fraction of sp³-hybridized carbons (Fsp3) is 0.586. The van der Waals surface area contributed by atoms with E-state index in [1.807, 2.05) is 43.4 Å². The Labute approximate surface area is 889 Å². The number of aliphatic hydroxyl groups excluding tert-OH is 4. The molecule has 4 saturated heterocycles. The monoisotopic (exact) mass is 2340 g/mol. The molecule has 4 fully saturated rings. The number of ether oxygens (including phenoxy) is 15. The average molecular weight is 2340 g/mol. The molecular formula is C99H128Br2IN9O32S3. The van der Waals surface area contributed by atoms with Crippen molar-refractivity contribution in [1.29, 1.82) is 0 Å². The zero-order valence-electron chi connectivity index (χ0n) is 83.6. The highest BCUT2D eigenvalue weighted by atomic mass is 127. The maximum absolute atomic E-state index is 14.7. The number of hydrogen-bond donors (Lipinski definition) is 11. The number of alkyl halides is 2. The molecule has 6 aliphatic rings. The van der Waals surface area contributed by atoms with Crippen LogP contribution in [0.15, 0.2) is 77.5 Å². The average Bonchev–Trinajstić information content (AvgIpc) is 0.754. The van der Waals surface area contributed by atoms with Gasteiger partial charge in [-0.3, -0.25) is 53.3 Å². The molecule has 2 aliphatic carbocycles. The van der Waals surface area contributed by atoms with Crippen molar-refractivity contribution in [2.75, 3.05) is 92.7 Å². The van der Waals surface area contributed by atoms with Crippen molar-refractivity contribution >= 4 is 169 Å². The molecule has 10 rings (SSSR count). The standard InChI is InChI=1S/C99H128Br2IN9O32S3/c1-16-111(74(118)47-104-96(125)136-48-56-24-27-59(28-25-56)106-92(123)58(41-73(103)117)40-68(114)52(4)105-91(122)50(2)38-60(112)30-34-134-36-35-133-33-21-22-67(113)57-26-29-62-63(39-57)108-65(46-101)64(45-100)107-62)66-49-135-75(43-72(66)128-11)141-88-83(120)80(53(5)138-95(88)140-71-23-19-17-18-20-32-99(127)44-70(116)81(109-97(126)132-15)78(71)61(99)31-37-144-146-98(8,9)10)110-143-76-42-69(115)90(55(7)137-76)145-93(124)77-51(3)79(102)86(89(131-14)85(77)129-12)142-94-84(121)87(130-13)82(119)54(6)139-94/h17-18,24-29,31,39,50,52-55,58,66,69,71-72,75-76,80,82-84,87-88,90,94-95,110,115,119-121,127H,16,21-22,30,33-38,40-49H2,1-15H3,(H2,103,117)(H,104,125)(H,105,122)(H,106,123)(H,109,126)/b18-17-,61-31+/t50-,52+,53?,54?,55?,58+,66?,69?,71+,72?,75?,76?,80?,82?,83?,84?,87?,88?,90?,94?,95?,99+/m1/s1. The highest BCUT2D eigenvalue weighted by Gasteiger charge is 2.53. The van der Waals surface area contributed by atoms with Gasteiger partial charge in [-0.1, -0.05) is 135 Å². The minimum Gasteiger partial charge on any atom is -0.492 e. The lowest BCUT2D eigenvalue weighted by molar-refractivity contribution is -0.337. The highest BCUT2D eigenvalue weighted by molar-refractivity contribution is 14.1. The number of halogens is 3. The number of fused-ring (bicyclic) bond motifs is 3. The van der Waals surface area contributed by atoms with Gasteiger partial charge in [0.1, 0.15) is 55.6 Å². The molecule has 3 aromatic carbocycles. The number of carbonyl (C=O) groups excluding carboxylic acids is 11. The number of methoxy groups -OCH3 is 5. The molecule has 0 spiro atoms. The SMILES string of the molecule is CCN(C(=O)CNC(=O)OCc1ccc(NC(=O)[C@H](CC(N)=O)CC(=O)[C@H](C)NC(=O)[C@H](C)CC(=O)CCOCCOCCCC(=O)c2ccc3nc(CBr)c(CBr)nc3c2)cc1)C1COC(OC2C(O[C@H]3C#C/C=C\C#C[C@]4(O)CC(=O)C(NC(=O)OC)=C3/C4=C\CSSC(C)(C)C)OC(C)C(NOC3CC(O)C(SC(=O)c4c(C)c(I)c(OC5OC(C)C(O)C(OC)C5O)c(OC)c4OC)C(C)O3)C2O)CC1OC. The number of ketones is 4. The normalized spacial score (nSPS) is 26.2. The van der Waals surface area contributed by atoms with Crippen molar-refractivity contribution in [3.8, 4) is 40.9 Å². The van der Waals surface area contributed by atoms with Gasteiger partial charge >= 0.3 is 12.2 Å². The van der Waals surface area contributed by atoms with E-state index in [1.54, 1.807) is 69.7 Å². The molecule has 12 N–H and O–H groups in total. The van der Waals surface area contributed by atoms with Gasteiger partial charge < -0.3 is 123 Å². The predicted octanol–water partition coefficient (Wildman–Crippen LogP) is 8.19. The predicted molar refractivity (Wildman–Crippen MR) is 551 cm³/mol. The number of likely N-dealkylation sites (N-methyl/N-ethyl adjacent to an activating group) is 1. The number of nitrogens with zero attached hydrogens (tertiary/aromatic N) is 3. The van der Waals surface area contributed by atoms with Crippen LogP contribution in [0.25, 0.3) is 11.0 Å². The minimum absolute atomic E-state index is 0.0144. The summed E-state index contributed by atoms with van der Waals surface area (Å²) in [5, 5.41) is 69.3. The molecule has 146 heavy (non-hydrogen) atoms. The summed E-state index contributed by atoms with van der Waals surface area (Å²) >= 11 is 9.62. The Hall–Kier alpha value is -8.43. The van der Waals surface area contributed by atoms with E-state index < -0.39 is 211 Å². The fourth-order valence-electron chi connectivity index (χ4n) is 16.8. The first-order chi connectivity index (χ1) is 69.5. The lowest BCUT2D eigenvalue weighted by atomic mass is 9.75. The van der Waals surface area contributed by atoms with E-state index in [9.17, 15) is 78.3 Å². The van der Waals surface area contributed by atoms with Crippen LogP contribution in [0.2, 0.25) is 0 Å². The lowest BCUT2D eigenvalue weighted by Crippen LogP contribution is -2.65. The molecule has 5 heterocycles. The summed E-state index contributed by atoms with van der Waals surface area (Å²) in [7, 11) is 9.47. The number of aromatic nitrogens is 2. The maximum atomic E-state index is 14.7. The first-order valence-corrected chi connectivity index (χ1v) is 53.8. The molecule has 1 aromatic heterocycles. The molecule has 4 aromatic rings. The van der Waals surface area contributed by atoms with E-state index in [0.29, 0.717) is 55.0 Å². The smallest absolute Gasteiger partial charge is 0.411 e. The Kier molecular flexibility index (Phi) is 46.3. The Morgan fingerprint density at radius 1 is 0.760 bits per heavy atom. The number of allylic oxidation sites excluding steroid dienone is 3. The third kappa shape index (κ3) is 32.3. The van der Waals surface area contributed by atoms with Gasteiger partial charge in [-0.2, -0.15) is 5.48 Å². The number of hydrogen-bond acceptors (Lipinski definition) is 38. The number of benzene rings is 3. The van der Waals surface area contributed by atoms with Gasteiger partial charge in [0.2, 0.25) is 40.8 Å². The number of Topliss-reactive ketones (excluding diaryl/α,β-unsaturated/α-hetero) is 4. The van der Waals surface area contributed by atoms with Gasteiger partial charge in [0.15, 0.2) is 53.3 Å². The van der Waals surface area contributed by atoms with Crippen molar-refractivity contribution in [1.82, 2.24) is 36.3 Å². The fourth-order valence-corrected chi connectivity index (χ4v) is 21.6. The number of anilines is 1. The van der Waals surface area contributed by atoms with Gasteiger partial charge in [-0.15, -0.1) is 0 Å². The number of rotatable bonds is 49. The summed E-state index contributed by atoms with van der Waals surface area (Å²) in [5.74, 6) is 5.19. The van der Waals surface area contributed by atoms with Crippen molar-refractivity contribution in [3.05, 3.63) is 115 Å². The molecule has 22 atom stereocenters. The minimum atomic E-state index is -2.19. The van der Waals surface area contributed by atoms with Crippen LogP contribution in [0.1, 0.15) is 163 Å². The first-order valence-electron chi connectivity index (χ1n) is 47.3. The van der Waals surface area contributed by atoms with Gasteiger partial charge in [0, 0.05) is 122 Å². The van der Waals surface area contributed by atoms with Crippen LogP contribution in [0, 0.1) is 46.0 Å². The van der Waals surface area contributed by atoms with Crippen LogP contribution in [0.3, 0.4) is 0 Å². The van der Waals surface area contributed by atoms with E-state index >= 15 is 0 Å². The number of carbonyl (C=O) groups is 11. The topological polar surface area (TPSA) is 552 Å². The molecule has 2 bridgehead atoms. The molecule has 800 valence electrons. The first kappa shape index (κ1) is 119. The van der Waals surface area contributed by atoms with Gasteiger partial charge in [-0.05, 0) is 124 Å². The number of amides is 6. The van der Waals surface area contributed by atoms with Crippen LogP contribution >= 0.6 is 87.8 Å². The number of nitrogens with one attached hydrogen (secondary N) is 5. The van der Waals surface area contributed by atoms with Crippen LogP contribution in [0.5, 0.6) is 17.2 Å². The molecule has 6 amide bonds. The molecular weight excluding hydrogens is 2210 g/mol. The van der Waals surface area contributed by atoms with Gasteiger partial charge in [-0.25, -0.2) is 19.6 Å². The Morgan fingerprint density at radius 3 is 2.11 bits per heavy atom. The summed E-state index contributed by atoms with van der Waals surface area (Å²) < 4.78 is 90.1. The summed E-state index contributed by atoms with van der Waals surface area (Å²) in [6, 6.07) is 8.06. The quantitative estimate of drug-likeness (QED) is 0.00377. The van der Waals surface area contributed by atoms with E-state index in [1.165, 1.54) is 94.4 Å². The maximum Gasteiger partial charge on any atom is 0.411 e. The molecule has 0 radical (unpaired) electrons. The lowest BCUT2D eigenvalue weighted by Gasteiger charge is -2.47. The van der Waals surface area contributed by atoms with E-state index in [4.69, 9.17) is 81.6 Å². The van der Waals surface area contributed by atoms with Gasteiger partial charge in [0.25, 0.3) is 0 Å². The largest absolute Gasteiger partial charge is 0.492 e. The second-order valence-electron chi connectivity index (χ2n) is 36.2. The highest BCUT2D eigenvalue weighted by Crippen LogP contribution is 2.50. The number of nitrogens with two attached hydrogens (primary N) is 1. The molecule has 47 heteroatoms. The zero-order valence-corrected chi connectivity index (χ0v) is 91.4. The van der Waals surface area contributed by atoms with Crippen molar-refractivity contribution in [3.63, 3.8) is 0 Å².